The third-order valence-electron chi connectivity index (χ3n) is 2.09. The van der Waals surface area contributed by atoms with Gasteiger partial charge in [-0.2, -0.15) is 8.42 Å². The summed E-state index contributed by atoms with van der Waals surface area (Å²) in [6.07, 6.45) is 1.50. The van der Waals surface area contributed by atoms with Crippen molar-refractivity contribution in [3.63, 3.8) is 0 Å². The summed E-state index contributed by atoms with van der Waals surface area (Å²) in [5, 5.41) is 0. The van der Waals surface area contributed by atoms with Crippen LogP contribution in [0.1, 0.15) is 10.4 Å². The Morgan fingerprint density at radius 2 is 2.00 bits per heavy atom. The molecule has 7 heteroatoms. The van der Waals surface area contributed by atoms with Crippen molar-refractivity contribution >= 4 is 33.1 Å². The van der Waals surface area contributed by atoms with Crippen molar-refractivity contribution in [3.05, 3.63) is 51.4 Å². The Labute approximate surface area is 114 Å². The molecule has 0 saturated carbocycles. The van der Waals surface area contributed by atoms with Crippen LogP contribution in [0.25, 0.3) is 0 Å². The minimum Gasteiger partial charge on any atom is -0.264 e. The van der Waals surface area contributed by atoms with Crippen molar-refractivity contribution in [1.82, 2.24) is 4.98 Å². The number of thiazole rings is 1. The number of rotatable bonds is 5. The first kappa shape index (κ1) is 13.5. The third-order valence-corrected chi connectivity index (χ3v) is 4.34. The molecule has 0 bridgehead atoms. The second kappa shape index (κ2) is 5.79. The zero-order valence-corrected chi connectivity index (χ0v) is 11.6. The first-order chi connectivity index (χ1) is 8.55. The first-order valence-corrected chi connectivity index (χ1v) is 7.83. The summed E-state index contributed by atoms with van der Waals surface area (Å²) >= 11 is 6.84. The fourth-order valence-electron chi connectivity index (χ4n) is 1.32. The van der Waals surface area contributed by atoms with E-state index in [9.17, 15) is 8.42 Å². The smallest absolute Gasteiger partial charge is 0.264 e. The van der Waals surface area contributed by atoms with Crippen LogP contribution in [0.3, 0.4) is 0 Å². The van der Waals surface area contributed by atoms with Crippen LogP contribution in [0, 0.1) is 0 Å². The van der Waals surface area contributed by atoms with Gasteiger partial charge in [0.25, 0.3) is 10.1 Å². The molecule has 2 aromatic rings. The van der Waals surface area contributed by atoms with Crippen LogP contribution < -0.4 is 0 Å². The van der Waals surface area contributed by atoms with Gasteiger partial charge >= 0.3 is 0 Å². The molecule has 4 nitrogen and oxygen atoms in total. The van der Waals surface area contributed by atoms with E-state index in [0.29, 0.717) is 14.9 Å². The van der Waals surface area contributed by atoms with Gasteiger partial charge in [0.05, 0.1) is 4.88 Å². The molecule has 1 aromatic heterocycles. The van der Waals surface area contributed by atoms with E-state index < -0.39 is 10.1 Å². The number of benzene rings is 1. The average Bonchev–Trinajstić information content (AvgIpc) is 2.74. The van der Waals surface area contributed by atoms with Crippen LogP contribution in [-0.4, -0.2) is 13.4 Å². The maximum atomic E-state index is 11.7. The molecule has 1 aromatic carbocycles. The van der Waals surface area contributed by atoms with Crippen LogP contribution in [0.5, 0.6) is 0 Å². The lowest BCUT2D eigenvalue weighted by Gasteiger charge is -2.04. The Kier molecular flexibility index (Phi) is 4.34. The van der Waals surface area contributed by atoms with Crippen LogP contribution in [0.15, 0.2) is 36.5 Å². The lowest BCUT2D eigenvalue weighted by Crippen LogP contribution is -2.08. The maximum Gasteiger partial charge on any atom is 0.271 e. The second-order valence-corrected chi connectivity index (χ2v) is 6.87. The number of halogens is 1. The van der Waals surface area contributed by atoms with E-state index in [0.717, 1.165) is 0 Å². The Morgan fingerprint density at radius 3 is 2.61 bits per heavy atom. The molecule has 1 heterocycles. The third kappa shape index (κ3) is 4.06. The van der Waals surface area contributed by atoms with Gasteiger partial charge in [0.15, 0.2) is 4.47 Å². The minimum absolute atomic E-state index is 0.0282. The highest BCUT2D eigenvalue weighted by atomic mass is 35.5. The summed E-state index contributed by atoms with van der Waals surface area (Å²) in [6.45, 7) is -0.0282. The molecule has 0 aliphatic heterocycles. The summed E-state index contributed by atoms with van der Waals surface area (Å²) in [7, 11) is -3.59. The molecule has 0 spiro atoms. The predicted molar refractivity (Wildman–Crippen MR) is 71.0 cm³/mol. The van der Waals surface area contributed by atoms with E-state index in [1.165, 1.54) is 17.5 Å². The molecule has 0 aliphatic carbocycles. The van der Waals surface area contributed by atoms with Crippen LogP contribution in [0.2, 0.25) is 4.47 Å². The summed E-state index contributed by atoms with van der Waals surface area (Å²) in [6, 6.07) is 8.88. The average molecular weight is 304 g/mol. The largest absolute Gasteiger partial charge is 0.271 e. The quantitative estimate of drug-likeness (QED) is 0.797. The van der Waals surface area contributed by atoms with E-state index in [1.807, 2.05) is 6.07 Å². The van der Waals surface area contributed by atoms with E-state index in [1.54, 1.807) is 24.3 Å². The Hall–Kier alpha value is -0.950. The molecule has 0 N–H and O–H groups in total. The van der Waals surface area contributed by atoms with E-state index in [2.05, 4.69) is 4.98 Å². The lowest BCUT2D eigenvalue weighted by molar-refractivity contribution is 0.310. The Bertz CT molecular complexity index is 610. The molecular weight excluding hydrogens is 294 g/mol. The minimum atomic E-state index is -3.59. The molecule has 0 atom stereocenters. The molecule has 2 rings (SSSR count). The Balaban J connectivity index is 1.96. The van der Waals surface area contributed by atoms with Gasteiger partial charge in [-0.05, 0) is 5.56 Å². The van der Waals surface area contributed by atoms with Gasteiger partial charge in [0.2, 0.25) is 0 Å². The molecule has 0 amide bonds. The summed E-state index contributed by atoms with van der Waals surface area (Å²) < 4.78 is 28.7. The highest BCUT2D eigenvalue weighted by molar-refractivity contribution is 7.85. The van der Waals surface area contributed by atoms with Crippen molar-refractivity contribution in [2.24, 2.45) is 0 Å². The SMILES string of the molecule is O=S(=O)(Cc1ccccc1)OCc1cnc(Cl)s1. The van der Waals surface area contributed by atoms with Crippen LogP contribution >= 0.6 is 22.9 Å². The number of aromatic nitrogens is 1. The van der Waals surface area contributed by atoms with Crippen molar-refractivity contribution < 1.29 is 12.6 Å². The molecule has 96 valence electrons. The normalized spacial score (nSPS) is 11.6. The fourth-order valence-corrected chi connectivity index (χ4v) is 3.27. The monoisotopic (exact) mass is 303 g/mol. The molecule has 0 radical (unpaired) electrons. The number of nitrogens with zero attached hydrogens (tertiary/aromatic N) is 1. The molecule has 0 aliphatic rings. The summed E-state index contributed by atoms with van der Waals surface area (Å²) in [5.74, 6) is -0.139. The van der Waals surface area contributed by atoms with Crippen LogP contribution in [0.4, 0.5) is 0 Å². The molecule has 0 unspecified atom stereocenters. The van der Waals surface area contributed by atoms with Gasteiger partial charge < -0.3 is 0 Å². The molecule has 0 fully saturated rings. The van der Waals surface area contributed by atoms with Crippen molar-refractivity contribution in [1.29, 1.82) is 0 Å². The highest BCUT2D eigenvalue weighted by Gasteiger charge is 2.13. The van der Waals surface area contributed by atoms with Crippen LogP contribution in [-0.2, 0) is 26.7 Å². The highest BCUT2D eigenvalue weighted by Crippen LogP contribution is 2.19. The standard InChI is InChI=1S/C11H10ClNO3S2/c12-11-13-6-10(17-11)7-16-18(14,15)8-9-4-2-1-3-5-9/h1-6H,7-8H2. The van der Waals surface area contributed by atoms with Gasteiger partial charge in [-0.1, -0.05) is 41.9 Å². The molecule has 18 heavy (non-hydrogen) atoms. The lowest BCUT2D eigenvalue weighted by atomic mass is 10.2. The van der Waals surface area contributed by atoms with Crippen molar-refractivity contribution in [2.45, 2.75) is 12.4 Å². The molecule has 0 saturated heterocycles. The van der Waals surface area contributed by atoms with E-state index >= 15 is 0 Å². The van der Waals surface area contributed by atoms with Crippen molar-refractivity contribution in [2.75, 3.05) is 0 Å². The fraction of sp³-hybridized carbons (Fsp3) is 0.182. The number of hydrogen-bond donors (Lipinski definition) is 0. The second-order valence-electron chi connectivity index (χ2n) is 3.53. The van der Waals surface area contributed by atoms with E-state index in [-0.39, 0.29) is 12.4 Å². The Morgan fingerprint density at radius 1 is 1.28 bits per heavy atom. The summed E-state index contributed by atoms with van der Waals surface area (Å²) in [5.41, 5.74) is 0.694. The predicted octanol–water partition coefficient (Wildman–Crippen LogP) is 2.84. The topological polar surface area (TPSA) is 56.3 Å². The van der Waals surface area contributed by atoms with Crippen molar-refractivity contribution in [3.8, 4) is 0 Å². The number of hydrogen-bond acceptors (Lipinski definition) is 5. The van der Waals surface area contributed by atoms with Gasteiger partial charge in [-0.3, -0.25) is 4.18 Å². The zero-order chi connectivity index (χ0) is 13.0. The summed E-state index contributed by atoms with van der Waals surface area (Å²) in [4.78, 5) is 4.49. The first-order valence-electron chi connectivity index (χ1n) is 5.06. The maximum absolute atomic E-state index is 11.7. The van der Waals surface area contributed by atoms with Gasteiger partial charge in [0, 0.05) is 6.20 Å². The zero-order valence-electron chi connectivity index (χ0n) is 9.24. The van der Waals surface area contributed by atoms with Gasteiger partial charge in [-0.15, -0.1) is 11.3 Å². The molecular formula is C11H10ClNO3S2. The van der Waals surface area contributed by atoms with Gasteiger partial charge in [0.1, 0.15) is 12.4 Å². The van der Waals surface area contributed by atoms with Gasteiger partial charge in [-0.25, -0.2) is 4.98 Å². The van der Waals surface area contributed by atoms with E-state index in [4.69, 9.17) is 15.8 Å².